The van der Waals surface area contributed by atoms with E-state index in [9.17, 15) is 8.78 Å². The van der Waals surface area contributed by atoms with Gasteiger partial charge in [-0.15, -0.1) is 0 Å². The first-order valence-corrected chi connectivity index (χ1v) is 5.57. The number of fused-ring (bicyclic) bond motifs is 3. The number of rotatable bonds is 1. The number of furan rings is 1. The minimum Gasteiger partial charge on any atom is -0.451 e. The lowest BCUT2D eigenvalue weighted by Crippen LogP contribution is -2.12. The van der Waals surface area contributed by atoms with E-state index < -0.39 is 11.7 Å². The molecule has 3 aromatic rings. The Morgan fingerprint density at radius 2 is 1.94 bits per heavy atom. The molecule has 0 aliphatic rings. The van der Waals surface area contributed by atoms with Gasteiger partial charge in [-0.05, 0) is 12.1 Å². The average molecular weight is 269 g/mol. The molecule has 0 bridgehead atoms. The number of hydrogen-bond acceptors (Lipinski definition) is 3. The summed E-state index contributed by atoms with van der Waals surface area (Å²) in [6, 6.07) is 7.01. The lowest BCUT2D eigenvalue weighted by Gasteiger charge is -2.08. The molecular formula is C12H7ClF2N2O. The number of benzene rings is 1. The van der Waals surface area contributed by atoms with E-state index in [1.165, 1.54) is 0 Å². The summed E-state index contributed by atoms with van der Waals surface area (Å²) in [5, 5.41) is 0.537. The molecule has 0 saturated heterocycles. The van der Waals surface area contributed by atoms with Crippen LogP contribution >= 0.6 is 11.6 Å². The zero-order valence-corrected chi connectivity index (χ0v) is 10.0. The molecule has 0 fully saturated rings. The zero-order valence-electron chi connectivity index (χ0n) is 9.25. The highest BCUT2D eigenvalue weighted by Gasteiger charge is 2.30. The third-order valence-electron chi connectivity index (χ3n) is 2.57. The number of aromatic nitrogens is 2. The Hall–Kier alpha value is -1.75. The van der Waals surface area contributed by atoms with Gasteiger partial charge in [0.15, 0.2) is 10.7 Å². The molecule has 0 unspecified atom stereocenters. The van der Waals surface area contributed by atoms with Gasteiger partial charge in [-0.3, -0.25) is 0 Å². The monoisotopic (exact) mass is 268 g/mol. The smallest absolute Gasteiger partial charge is 0.303 e. The second kappa shape index (κ2) is 3.62. The van der Waals surface area contributed by atoms with Gasteiger partial charge in [0.1, 0.15) is 11.1 Å². The van der Waals surface area contributed by atoms with Gasteiger partial charge in [0.05, 0.1) is 0 Å². The molecule has 0 N–H and O–H groups in total. The molecule has 0 amide bonds. The quantitative estimate of drug-likeness (QED) is 0.623. The molecule has 0 saturated carbocycles. The number of hydrogen-bond donors (Lipinski definition) is 0. The van der Waals surface area contributed by atoms with E-state index in [0.29, 0.717) is 16.5 Å². The van der Waals surface area contributed by atoms with E-state index in [0.717, 1.165) is 6.92 Å². The van der Waals surface area contributed by atoms with Crippen molar-refractivity contribution in [2.75, 3.05) is 0 Å². The van der Waals surface area contributed by atoms with Crippen LogP contribution in [0.15, 0.2) is 28.7 Å². The Kier molecular flexibility index (Phi) is 2.28. The largest absolute Gasteiger partial charge is 0.451 e. The molecule has 1 aromatic carbocycles. The third kappa shape index (κ3) is 1.62. The first kappa shape index (κ1) is 11.3. The molecule has 0 aliphatic carbocycles. The summed E-state index contributed by atoms with van der Waals surface area (Å²) in [5.41, 5.74) is 1.08. The van der Waals surface area contributed by atoms with Gasteiger partial charge in [0, 0.05) is 12.3 Å². The highest BCUT2D eigenvalue weighted by atomic mass is 35.5. The van der Waals surface area contributed by atoms with Crippen molar-refractivity contribution in [2.45, 2.75) is 12.8 Å². The molecule has 3 nitrogen and oxygen atoms in total. The number of para-hydroxylation sites is 1. The second-order valence-corrected chi connectivity index (χ2v) is 4.36. The summed E-state index contributed by atoms with van der Waals surface area (Å²) in [4.78, 5) is 7.43. The van der Waals surface area contributed by atoms with Crippen LogP contribution in [0.25, 0.3) is 22.1 Å². The summed E-state index contributed by atoms with van der Waals surface area (Å²) >= 11 is 5.86. The first-order chi connectivity index (χ1) is 8.47. The minimum absolute atomic E-state index is 0.104. The van der Waals surface area contributed by atoms with Crippen molar-refractivity contribution in [3.05, 3.63) is 35.2 Å². The normalized spacial score (nSPS) is 12.4. The molecular weight excluding hydrogens is 262 g/mol. The highest BCUT2D eigenvalue weighted by molar-refractivity contribution is 6.34. The minimum atomic E-state index is -3.14. The summed E-state index contributed by atoms with van der Waals surface area (Å²) < 4.78 is 32.0. The van der Waals surface area contributed by atoms with Crippen LogP contribution in [-0.2, 0) is 5.92 Å². The Balaban J connectivity index is 2.44. The van der Waals surface area contributed by atoms with Crippen molar-refractivity contribution >= 4 is 33.7 Å². The van der Waals surface area contributed by atoms with Crippen LogP contribution < -0.4 is 0 Å². The lowest BCUT2D eigenvalue weighted by molar-refractivity contribution is 0.00807. The Morgan fingerprint density at radius 1 is 1.22 bits per heavy atom. The lowest BCUT2D eigenvalue weighted by atomic mass is 10.2. The van der Waals surface area contributed by atoms with Crippen molar-refractivity contribution in [2.24, 2.45) is 0 Å². The van der Waals surface area contributed by atoms with Crippen LogP contribution in [0.2, 0.25) is 5.15 Å². The molecule has 6 heteroatoms. The summed E-state index contributed by atoms with van der Waals surface area (Å²) in [5.74, 6) is -3.75. The topological polar surface area (TPSA) is 38.9 Å². The summed E-state index contributed by atoms with van der Waals surface area (Å²) in [6.45, 7) is 0.729. The molecule has 0 aliphatic heterocycles. The molecule has 0 radical (unpaired) electrons. The van der Waals surface area contributed by atoms with Gasteiger partial charge in [-0.2, -0.15) is 8.78 Å². The van der Waals surface area contributed by atoms with Crippen LogP contribution in [0.3, 0.4) is 0 Å². The van der Waals surface area contributed by atoms with E-state index in [-0.39, 0.29) is 10.7 Å². The number of alkyl halides is 2. The maximum absolute atomic E-state index is 13.3. The molecule has 3 rings (SSSR count). The van der Waals surface area contributed by atoms with Gasteiger partial charge in [-0.1, -0.05) is 23.7 Å². The fourth-order valence-electron chi connectivity index (χ4n) is 1.75. The fourth-order valence-corrected chi connectivity index (χ4v) is 1.96. The van der Waals surface area contributed by atoms with E-state index in [4.69, 9.17) is 16.0 Å². The Bertz CT molecular complexity index is 749. The molecule has 2 aromatic heterocycles. The van der Waals surface area contributed by atoms with Gasteiger partial charge >= 0.3 is 5.92 Å². The average Bonchev–Trinajstić information content (AvgIpc) is 2.67. The molecule has 18 heavy (non-hydrogen) atoms. The van der Waals surface area contributed by atoms with Gasteiger partial charge in [0.2, 0.25) is 5.82 Å². The van der Waals surface area contributed by atoms with Gasteiger partial charge < -0.3 is 4.42 Å². The molecule has 2 heterocycles. The SMILES string of the molecule is CC(F)(F)c1nc(Cl)c2oc3ccccc3c2n1. The van der Waals surface area contributed by atoms with E-state index >= 15 is 0 Å². The third-order valence-corrected chi connectivity index (χ3v) is 2.83. The van der Waals surface area contributed by atoms with Crippen molar-refractivity contribution in [1.29, 1.82) is 0 Å². The predicted octanol–water partition coefficient (Wildman–Crippen LogP) is 4.14. The molecule has 92 valence electrons. The van der Waals surface area contributed by atoms with Crippen LogP contribution in [0.5, 0.6) is 0 Å². The van der Waals surface area contributed by atoms with E-state index in [1.807, 2.05) is 0 Å². The van der Waals surface area contributed by atoms with E-state index in [1.54, 1.807) is 24.3 Å². The standard InChI is InChI=1S/C12H7ClF2N2O/c1-12(14,15)11-16-8-6-4-2-3-5-7(6)18-9(8)10(13)17-11/h2-5H,1H3. The fraction of sp³-hybridized carbons (Fsp3) is 0.167. The van der Waals surface area contributed by atoms with Crippen LogP contribution in [0.4, 0.5) is 8.78 Å². The van der Waals surface area contributed by atoms with Gasteiger partial charge in [-0.25, -0.2) is 9.97 Å². The van der Waals surface area contributed by atoms with Crippen LogP contribution in [0.1, 0.15) is 12.7 Å². The maximum atomic E-state index is 13.3. The second-order valence-electron chi connectivity index (χ2n) is 4.00. The van der Waals surface area contributed by atoms with Gasteiger partial charge in [0.25, 0.3) is 0 Å². The van der Waals surface area contributed by atoms with Crippen molar-refractivity contribution < 1.29 is 13.2 Å². The van der Waals surface area contributed by atoms with Crippen molar-refractivity contribution in [1.82, 2.24) is 9.97 Å². The Labute approximate surface area is 105 Å². The van der Waals surface area contributed by atoms with Crippen molar-refractivity contribution in [3.63, 3.8) is 0 Å². The van der Waals surface area contributed by atoms with Crippen LogP contribution in [0, 0.1) is 0 Å². The van der Waals surface area contributed by atoms with E-state index in [2.05, 4.69) is 9.97 Å². The number of halogens is 3. The predicted molar refractivity (Wildman–Crippen MR) is 63.9 cm³/mol. The van der Waals surface area contributed by atoms with Crippen molar-refractivity contribution in [3.8, 4) is 0 Å². The van der Waals surface area contributed by atoms with Crippen LogP contribution in [-0.4, -0.2) is 9.97 Å². The Morgan fingerprint density at radius 3 is 2.67 bits per heavy atom. The molecule has 0 spiro atoms. The highest BCUT2D eigenvalue weighted by Crippen LogP contribution is 2.33. The zero-order chi connectivity index (χ0) is 12.9. The first-order valence-electron chi connectivity index (χ1n) is 5.20. The number of nitrogens with zero attached hydrogens (tertiary/aromatic N) is 2. The maximum Gasteiger partial charge on any atom is 0.303 e. The molecule has 0 atom stereocenters. The summed E-state index contributed by atoms with van der Waals surface area (Å²) in [7, 11) is 0. The summed E-state index contributed by atoms with van der Waals surface area (Å²) in [6.07, 6.45) is 0.